The van der Waals surface area contributed by atoms with Gasteiger partial charge in [-0.15, -0.1) is 0 Å². The van der Waals surface area contributed by atoms with Crippen LogP contribution >= 0.6 is 0 Å². The molecule has 2 aliphatic heterocycles. The minimum absolute atomic E-state index is 0.0524. The molecule has 1 spiro atoms. The average molecular weight is 376 g/mol. The normalized spacial score (nSPS) is 19.2. The molecule has 2 aliphatic rings. The van der Waals surface area contributed by atoms with Crippen LogP contribution in [-0.2, 0) is 26.3 Å². The summed E-state index contributed by atoms with van der Waals surface area (Å²) < 4.78 is 17.2. The van der Waals surface area contributed by atoms with Crippen molar-refractivity contribution < 1.29 is 23.8 Å². The molecule has 0 radical (unpaired) electrons. The lowest BCUT2D eigenvalue weighted by Gasteiger charge is -2.45. The summed E-state index contributed by atoms with van der Waals surface area (Å²) >= 11 is 0. The lowest BCUT2D eigenvalue weighted by molar-refractivity contribution is -0.143. The summed E-state index contributed by atoms with van der Waals surface area (Å²) in [6, 6.07) is 3.54. The molecule has 0 aliphatic carbocycles. The summed E-state index contributed by atoms with van der Waals surface area (Å²) in [4.78, 5) is 25.6. The number of nitrogens with zero attached hydrogens (tertiary/aromatic N) is 1. The Morgan fingerprint density at radius 1 is 1.19 bits per heavy atom. The monoisotopic (exact) mass is 376 g/mol. The van der Waals surface area contributed by atoms with E-state index in [1.807, 2.05) is 17.0 Å². The van der Waals surface area contributed by atoms with Crippen molar-refractivity contribution in [2.45, 2.75) is 44.8 Å². The van der Waals surface area contributed by atoms with Crippen LogP contribution in [0.4, 0.5) is 0 Å². The Morgan fingerprint density at radius 2 is 1.81 bits per heavy atom. The van der Waals surface area contributed by atoms with Crippen LogP contribution in [0.3, 0.4) is 0 Å². The number of ether oxygens (including phenoxy) is 3. The van der Waals surface area contributed by atoms with Gasteiger partial charge < -0.3 is 24.4 Å². The molecule has 2 heterocycles. The lowest BCUT2D eigenvalue weighted by Crippen LogP contribution is -2.53. The maximum absolute atomic E-state index is 12.6. The second-order valence-electron chi connectivity index (χ2n) is 7.20. The van der Waals surface area contributed by atoms with Crippen LogP contribution < -0.4 is 14.8 Å². The number of benzene rings is 1. The predicted octanol–water partition coefficient (Wildman–Crippen LogP) is 1.62. The summed E-state index contributed by atoms with van der Waals surface area (Å²) in [5.74, 6) is 1.17. The minimum Gasteiger partial charge on any atom is -0.493 e. The number of rotatable bonds is 4. The number of hydrogen-bond acceptors (Lipinski definition) is 5. The van der Waals surface area contributed by atoms with E-state index in [0.717, 1.165) is 17.7 Å². The quantitative estimate of drug-likeness (QED) is 0.864. The Bertz CT molecular complexity index is 725. The molecule has 7 heteroatoms. The smallest absolute Gasteiger partial charge is 0.244 e. The molecule has 0 saturated carbocycles. The third-order valence-corrected chi connectivity index (χ3v) is 5.52. The van der Waals surface area contributed by atoms with E-state index in [0.29, 0.717) is 38.3 Å². The highest BCUT2D eigenvalue weighted by atomic mass is 16.5. The van der Waals surface area contributed by atoms with Gasteiger partial charge in [0, 0.05) is 20.0 Å². The Hall–Kier alpha value is -2.28. The Morgan fingerprint density at radius 3 is 2.41 bits per heavy atom. The standard InChI is InChI=1S/C20H28N2O5/c1-13(21-14(2)23)19(24)22-8-6-20(7-9-22)16-12-18(26-4)17(25-3)11-15(16)5-10-27-20/h11-13H,5-10H2,1-4H3,(H,21,23)/t13-/m0/s1. The summed E-state index contributed by atoms with van der Waals surface area (Å²) in [6.45, 7) is 4.98. The minimum atomic E-state index is -0.513. The molecule has 3 rings (SSSR count). The molecule has 0 aromatic heterocycles. The van der Waals surface area contributed by atoms with Gasteiger partial charge in [-0.25, -0.2) is 0 Å². The highest BCUT2D eigenvalue weighted by Gasteiger charge is 2.42. The van der Waals surface area contributed by atoms with Crippen molar-refractivity contribution in [3.05, 3.63) is 23.3 Å². The van der Waals surface area contributed by atoms with Gasteiger partial charge in [-0.05, 0) is 49.4 Å². The van der Waals surface area contributed by atoms with E-state index in [2.05, 4.69) is 5.32 Å². The van der Waals surface area contributed by atoms with Gasteiger partial charge in [0.1, 0.15) is 6.04 Å². The van der Waals surface area contributed by atoms with E-state index in [1.165, 1.54) is 12.5 Å². The zero-order valence-electron chi connectivity index (χ0n) is 16.5. The number of amides is 2. The van der Waals surface area contributed by atoms with E-state index < -0.39 is 11.6 Å². The average Bonchev–Trinajstić information content (AvgIpc) is 2.67. The topological polar surface area (TPSA) is 77.1 Å². The highest BCUT2D eigenvalue weighted by Crippen LogP contribution is 2.45. The molecule has 1 fully saturated rings. The van der Waals surface area contributed by atoms with Gasteiger partial charge in [-0.2, -0.15) is 0 Å². The van der Waals surface area contributed by atoms with E-state index in [9.17, 15) is 9.59 Å². The predicted molar refractivity (Wildman–Crippen MR) is 100.0 cm³/mol. The molecule has 148 valence electrons. The van der Waals surface area contributed by atoms with Crippen molar-refractivity contribution >= 4 is 11.8 Å². The molecule has 1 aromatic rings. The Kier molecular flexibility index (Phi) is 5.60. The molecule has 1 aromatic carbocycles. The van der Waals surface area contributed by atoms with E-state index in [4.69, 9.17) is 14.2 Å². The zero-order valence-corrected chi connectivity index (χ0v) is 16.5. The number of fused-ring (bicyclic) bond motifs is 2. The number of carbonyl (C=O) groups is 2. The molecule has 27 heavy (non-hydrogen) atoms. The molecule has 1 atom stereocenters. The maximum atomic E-state index is 12.6. The molecule has 1 saturated heterocycles. The number of hydrogen-bond donors (Lipinski definition) is 1. The van der Waals surface area contributed by atoms with E-state index >= 15 is 0 Å². The first-order chi connectivity index (χ1) is 12.9. The summed E-state index contributed by atoms with van der Waals surface area (Å²) in [5.41, 5.74) is 1.94. The van der Waals surface area contributed by atoms with Gasteiger partial charge in [-0.1, -0.05) is 0 Å². The van der Waals surface area contributed by atoms with Crippen LogP contribution in [0.5, 0.6) is 11.5 Å². The number of methoxy groups -OCH3 is 2. The third kappa shape index (κ3) is 3.74. The molecular weight excluding hydrogens is 348 g/mol. The fourth-order valence-corrected chi connectivity index (χ4v) is 4.13. The largest absolute Gasteiger partial charge is 0.493 e. The molecular formula is C20H28N2O5. The Labute approximate surface area is 160 Å². The van der Waals surface area contributed by atoms with E-state index in [-0.39, 0.29) is 11.8 Å². The van der Waals surface area contributed by atoms with Crippen molar-refractivity contribution in [1.82, 2.24) is 10.2 Å². The first-order valence-electron chi connectivity index (χ1n) is 9.35. The first kappa shape index (κ1) is 19.5. The first-order valence-corrected chi connectivity index (χ1v) is 9.35. The van der Waals surface area contributed by atoms with Crippen molar-refractivity contribution in [2.24, 2.45) is 0 Å². The molecule has 7 nitrogen and oxygen atoms in total. The van der Waals surface area contributed by atoms with Crippen LogP contribution in [0.15, 0.2) is 12.1 Å². The third-order valence-electron chi connectivity index (χ3n) is 5.52. The summed E-state index contributed by atoms with van der Waals surface area (Å²) in [7, 11) is 3.27. The van der Waals surface area contributed by atoms with Crippen LogP contribution in [0.25, 0.3) is 0 Å². The molecule has 0 unspecified atom stereocenters. The fourth-order valence-electron chi connectivity index (χ4n) is 4.13. The van der Waals surface area contributed by atoms with Crippen molar-refractivity contribution in [3.8, 4) is 11.5 Å². The number of nitrogens with one attached hydrogen (secondary N) is 1. The molecule has 1 N–H and O–H groups in total. The van der Waals surface area contributed by atoms with Gasteiger partial charge in [0.2, 0.25) is 11.8 Å². The summed E-state index contributed by atoms with van der Waals surface area (Å²) in [5, 5.41) is 2.66. The van der Waals surface area contributed by atoms with Gasteiger partial charge in [-0.3, -0.25) is 9.59 Å². The van der Waals surface area contributed by atoms with Crippen LogP contribution in [-0.4, -0.2) is 56.7 Å². The zero-order chi connectivity index (χ0) is 19.6. The summed E-state index contributed by atoms with van der Waals surface area (Å²) in [6.07, 6.45) is 2.27. The second-order valence-corrected chi connectivity index (χ2v) is 7.20. The van der Waals surface area contributed by atoms with Crippen molar-refractivity contribution in [1.29, 1.82) is 0 Å². The highest BCUT2D eigenvalue weighted by molar-refractivity contribution is 5.86. The van der Waals surface area contributed by atoms with Gasteiger partial charge in [0.05, 0.1) is 26.4 Å². The Balaban J connectivity index is 1.79. The lowest BCUT2D eigenvalue weighted by atomic mass is 9.79. The van der Waals surface area contributed by atoms with Crippen molar-refractivity contribution in [2.75, 3.05) is 33.9 Å². The fraction of sp³-hybridized carbons (Fsp3) is 0.600. The number of likely N-dealkylation sites (tertiary alicyclic amines) is 1. The second kappa shape index (κ2) is 7.76. The van der Waals surface area contributed by atoms with Crippen LogP contribution in [0, 0.1) is 0 Å². The van der Waals surface area contributed by atoms with Gasteiger partial charge in [0.15, 0.2) is 11.5 Å². The van der Waals surface area contributed by atoms with Crippen LogP contribution in [0.1, 0.15) is 37.8 Å². The molecule has 0 bridgehead atoms. The van der Waals surface area contributed by atoms with Gasteiger partial charge in [0.25, 0.3) is 0 Å². The number of carbonyl (C=O) groups excluding carboxylic acids is 2. The van der Waals surface area contributed by atoms with Crippen molar-refractivity contribution in [3.63, 3.8) is 0 Å². The maximum Gasteiger partial charge on any atom is 0.244 e. The molecule has 2 amide bonds. The van der Waals surface area contributed by atoms with Crippen LogP contribution in [0.2, 0.25) is 0 Å². The van der Waals surface area contributed by atoms with Gasteiger partial charge >= 0.3 is 0 Å². The number of piperidine rings is 1. The SMILES string of the molecule is COc1cc2c(cc1OC)C1(CCN(C(=O)[C@H](C)NC(C)=O)CC1)OCC2. The van der Waals surface area contributed by atoms with E-state index in [1.54, 1.807) is 21.1 Å².